The number of hydrogen-bond acceptors (Lipinski definition) is 5. The second-order valence-corrected chi connectivity index (χ2v) is 3.96. The first-order chi connectivity index (χ1) is 9.75. The third kappa shape index (κ3) is 2.12. The van der Waals surface area contributed by atoms with Crippen LogP contribution in [0.1, 0.15) is 10.5 Å². The van der Waals surface area contributed by atoms with Crippen molar-refractivity contribution in [3.05, 3.63) is 54.6 Å². The van der Waals surface area contributed by atoms with Gasteiger partial charge in [-0.25, -0.2) is 9.48 Å². The van der Waals surface area contributed by atoms with E-state index in [9.17, 15) is 4.79 Å². The summed E-state index contributed by atoms with van der Waals surface area (Å²) >= 11 is 0. The summed E-state index contributed by atoms with van der Waals surface area (Å²) < 4.78 is 1.44. The van der Waals surface area contributed by atoms with E-state index in [1.807, 2.05) is 6.07 Å². The first kappa shape index (κ1) is 12.0. The lowest BCUT2D eigenvalue weighted by Gasteiger charge is -2.04. The maximum atomic E-state index is 11.1. The molecule has 0 saturated carbocycles. The van der Waals surface area contributed by atoms with Gasteiger partial charge in [0.2, 0.25) is 0 Å². The number of carbonyl (C=O) groups is 1. The van der Waals surface area contributed by atoms with Gasteiger partial charge in [-0.3, -0.25) is 4.98 Å². The Balaban J connectivity index is 2.20. The third-order valence-electron chi connectivity index (χ3n) is 2.66. The minimum Gasteiger partial charge on any atom is -0.476 e. The van der Waals surface area contributed by atoms with Gasteiger partial charge in [0.05, 0.1) is 5.69 Å². The largest absolute Gasteiger partial charge is 0.476 e. The highest BCUT2D eigenvalue weighted by molar-refractivity contribution is 5.87. The molecular weight excluding hydrogens is 258 g/mol. The molecule has 1 N–H and O–H groups in total. The molecule has 98 valence electrons. The quantitative estimate of drug-likeness (QED) is 0.771. The summed E-state index contributed by atoms with van der Waals surface area (Å²) in [6.45, 7) is 0. The Bertz CT molecular complexity index is 683. The van der Waals surface area contributed by atoms with Gasteiger partial charge in [-0.15, -0.1) is 5.10 Å². The molecule has 0 unspecified atom stereocenters. The van der Waals surface area contributed by atoms with Gasteiger partial charge in [-0.05, 0) is 30.3 Å². The van der Waals surface area contributed by atoms with Crippen LogP contribution in [-0.2, 0) is 0 Å². The molecule has 20 heavy (non-hydrogen) atoms. The van der Waals surface area contributed by atoms with E-state index in [1.54, 1.807) is 30.6 Å². The zero-order valence-electron chi connectivity index (χ0n) is 10.2. The predicted octanol–water partition coefficient (Wildman–Crippen LogP) is 1.42. The fourth-order valence-electron chi connectivity index (χ4n) is 1.79. The van der Waals surface area contributed by atoms with Crippen molar-refractivity contribution in [3.63, 3.8) is 0 Å². The maximum Gasteiger partial charge on any atom is 0.356 e. The highest BCUT2D eigenvalue weighted by Crippen LogP contribution is 2.22. The van der Waals surface area contributed by atoms with Crippen LogP contribution in [0.4, 0.5) is 0 Å². The summed E-state index contributed by atoms with van der Waals surface area (Å²) in [7, 11) is 0. The van der Waals surface area contributed by atoms with E-state index < -0.39 is 5.97 Å². The van der Waals surface area contributed by atoms with E-state index in [1.165, 1.54) is 16.9 Å². The van der Waals surface area contributed by atoms with Crippen LogP contribution in [0.5, 0.6) is 0 Å². The molecular formula is C13H9N5O2. The molecule has 3 aromatic rings. The monoisotopic (exact) mass is 267 g/mol. The highest BCUT2D eigenvalue weighted by atomic mass is 16.4. The van der Waals surface area contributed by atoms with Gasteiger partial charge < -0.3 is 5.11 Å². The van der Waals surface area contributed by atoms with Gasteiger partial charge in [0.15, 0.2) is 11.5 Å². The van der Waals surface area contributed by atoms with Crippen molar-refractivity contribution in [2.24, 2.45) is 0 Å². The molecule has 0 amide bonds. The van der Waals surface area contributed by atoms with Crippen LogP contribution in [-0.4, -0.2) is 36.0 Å². The first-order valence-electron chi connectivity index (χ1n) is 5.77. The summed E-state index contributed by atoms with van der Waals surface area (Å²) in [4.78, 5) is 15.1. The molecule has 0 aliphatic carbocycles. The van der Waals surface area contributed by atoms with Crippen LogP contribution in [0.15, 0.2) is 48.9 Å². The van der Waals surface area contributed by atoms with Crippen molar-refractivity contribution >= 4 is 5.97 Å². The molecule has 0 aliphatic rings. The topological polar surface area (TPSA) is 93.8 Å². The van der Waals surface area contributed by atoms with Crippen LogP contribution < -0.4 is 0 Å². The average molecular weight is 267 g/mol. The maximum absolute atomic E-state index is 11.1. The number of carboxylic acid groups (broad SMARTS) is 1. The molecule has 7 nitrogen and oxygen atoms in total. The second-order valence-electron chi connectivity index (χ2n) is 3.96. The Hall–Kier alpha value is -3.09. The van der Waals surface area contributed by atoms with Crippen molar-refractivity contribution in [2.75, 3.05) is 0 Å². The van der Waals surface area contributed by atoms with Crippen LogP contribution in [0, 0.1) is 0 Å². The van der Waals surface area contributed by atoms with Crippen LogP contribution in [0.25, 0.3) is 17.1 Å². The number of pyridine rings is 1. The second kappa shape index (κ2) is 4.88. The van der Waals surface area contributed by atoms with Crippen molar-refractivity contribution in [3.8, 4) is 17.1 Å². The van der Waals surface area contributed by atoms with Crippen molar-refractivity contribution in [1.29, 1.82) is 0 Å². The highest BCUT2D eigenvalue weighted by Gasteiger charge is 2.16. The fourth-order valence-corrected chi connectivity index (χ4v) is 1.79. The van der Waals surface area contributed by atoms with E-state index >= 15 is 0 Å². The lowest BCUT2D eigenvalue weighted by Crippen LogP contribution is -2.04. The number of aromatic carboxylic acids is 1. The molecule has 0 saturated heterocycles. The Morgan fingerprint density at radius 3 is 2.70 bits per heavy atom. The number of aromatic nitrogens is 5. The van der Waals surface area contributed by atoms with Gasteiger partial charge in [-0.1, -0.05) is 0 Å². The van der Waals surface area contributed by atoms with Crippen LogP contribution in [0.3, 0.4) is 0 Å². The minimum absolute atomic E-state index is 0.0606. The van der Waals surface area contributed by atoms with E-state index in [4.69, 9.17) is 5.11 Å². The smallest absolute Gasteiger partial charge is 0.356 e. The van der Waals surface area contributed by atoms with Crippen molar-refractivity contribution in [1.82, 2.24) is 25.0 Å². The molecule has 3 rings (SSSR count). The predicted molar refractivity (Wildman–Crippen MR) is 69.3 cm³/mol. The molecule has 0 atom stereocenters. The SMILES string of the molecule is O=C(O)c1cc(-c2cccnc2)n(-c2cccnn2)n1. The zero-order chi connectivity index (χ0) is 13.9. The number of hydrogen-bond donors (Lipinski definition) is 1. The minimum atomic E-state index is -1.10. The number of nitrogens with zero attached hydrogens (tertiary/aromatic N) is 5. The normalized spacial score (nSPS) is 10.4. The summed E-state index contributed by atoms with van der Waals surface area (Å²) in [6, 6.07) is 8.48. The van der Waals surface area contributed by atoms with Gasteiger partial charge in [-0.2, -0.15) is 10.2 Å². The lowest BCUT2D eigenvalue weighted by atomic mass is 10.2. The molecule has 0 radical (unpaired) electrons. The Kier molecular flexibility index (Phi) is 2.92. The van der Waals surface area contributed by atoms with Gasteiger partial charge in [0, 0.05) is 24.2 Å². The molecule has 3 aromatic heterocycles. The molecule has 3 heterocycles. The van der Waals surface area contributed by atoms with Crippen molar-refractivity contribution < 1.29 is 9.90 Å². The summed E-state index contributed by atoms with van der Waals surface area (Å²) in [5.41, 5.74) is 1.28. The van der Waals surface area contributed by atoms with E-state index in [0.717, 1.165) is 5.56 Å². The number of rotatable bonds is 3. The van der Waals surface area contributed by atoms with Crippen LogP contribution in [0.2, 0.25) is 0 Å². The molecule has 0 aromatic carbocycles. The number of carboxylic acids is 1. The first-order valence-corrected chi connectivity index (χ1v) is 5.77. The van der Waals surface area contributed by atoms with E-state index in [-0.39, 0.29) is 5.69 Å². The molecule has 0 aliphatic heterocycles. The summed E-state index contributed by atoms with van der Waals surface area (Å²) in [5, 5.41) is 20.9. The van der Waals surface area contributed by atoms with E-state index in [0.29, 0.717) is 11.5 Å². The lowest BCUT2D eigenvalue weighted by molar-refractivity contribution is 0.0690. The zero-order valence-corrected chi connectivity index (χ0v) is 10.2. The Morgan fingerprint density at radius 2 is 2.05 bits per heavy atom. The van der Waals surface area contributed by atoms with Crippen LogP contribution >= 0.6 is 0 Å². The standard InChI is InChI=1S/C13H9N5O2/c19-13(20)10-7-11(9-3-1-5-14-8-9)18(17-10)12-4-2-6-15-16-12/h1-8H,(H,19,20). The molecule has 0 fully saturated rings. The van der Waals surface area contributed by atoms with Gasteiger partial charge in [0.1, 0.15) is 0 Å². The third-order valence-corrected chi connectivity index (χ3v) is 2.66. The summed E-state index contributed by atoms with van der Waals surface area (Å²) in [6.07, 6.45) is 4.81. The Labute approximate surface area is 113 Å². The summed E-state index contributed by atoms with van der Waals surface area (Å²) in [5.74, 6) is -0.656. The van der Waals surface area contributed by atoms with Gasteiger partial charge >= 0.3 is 5.97 Å². The fraction of sp³-hybridized carbons (Fsp3) is 0. The van der Waals surface area contributed by atoms with Crippen molar-refractivity contribution in [2.45, 2.75) is 0 Å². The Morgan fingerprint density at radius 1 is 1.20 bits per heavy atom. The van der Waals surface area contributed by atoms with E-state index in [2.05, 4.69) is 20.3 Å². The molecule has 0 spiro atoms. The van der Waals surface area contributed by atoms with Gasteiger partial charge in [0.25, 0.3) is 0 Å². The molecule has 7 heteroatoms. The average Bonchev–Trinajstić information content (AvgIpc) is 2.94. The molecule has 0 bridgehead atoms.